The number of carbonyl (C=O) groups is 3. The van der Waals surface area contributed by atoms with E-state index in [2.05, 4.69) is 20.9 Å². The van der Waals surface area contributed by atoms with E-state index >= 15 is 0 Å². The predicted molar refractivity (Wildman–Crippen MR) is 103 cm³/mol. The minimum absolute atomic E-state index is 0.300. The fraction of sp³-hybridized carbons (Fsp3) is 0.316. The van der Waals surface area contributed by atoms with E-state index in [1.807, 2.05) is 13.8 Å². The lowest BCUT2D eigenvalue weighted by molar-refractivity contribution is 0.0599. The lowest BCUT2D eigenvalue weighted by Gasteiger charge is -2.09. The van der Waals surface area contributed by atoms with Gasteiger partial charge in [0.2, 0.25) is 0 Å². The van der Waals surface area contributed by atoms with Crippen molar-refractivity contribution in [3.05, 3.63) is 46.8 Å². The van der Waals surface area contributed by atoms with E-state index in [0.717, 1.165) is 0 Å². The van der Waals surface area contributed by atoms with Gasteiger partial charge in [-0.05, 0) is 44.0 Å². The lowest BCUT2D eigenvalue weighted by atomic mass is 10.1. The fourth-order valence-electron chi connectivity index (χ4n) is 2.73. The highest BCUT2D eigenvalue weighted by Gasteiger charge is 2.23. The molecule has 4 N–H and O–H groups in total. The molecule has 0 aliphatic heterocycles. The van der Waals surface area contributed by atoms with Crippen molar-refractivity contribution in [1.29, 1.82) is 0 Å². The summed E-state index contributed by atoms with van der Waals surface area (Å²) in [6.07, 6.45) is 0.560. The zero-order valence-corrected chi connectivity index (χ0v) is 15.9. The summed E-state index contributed by atoms with van der Waals surface area (Å²) in [5.41, 5.74) is 2.93. The van der Waals surface area contributed by atoms with E-state index in [0.29, 0.717) is 46.9 Å². The molecule has 0 bridgehead atoms. The number of anilines is 2. The number of nitrogens with one attached hydrogen (secondary N) is 4. The second-order valence-corrected chi connectivity index (χ2v) is 5.84. The van der Waals surface area contributed by atoms with Crippen molar-refractivity contribution in [3.8, 4) is 0 Å². The summed E-state index contributed by atoms with van der Waals surface area (Å²) in [4.78, 5) is 39.3. The average molecular weight is 372 g/mol. The molecule has 2 rings (SSSR count). The fourth-order valence-corrected chi connectivity index (χ4v) is 2.73. The van der Waals surface area contributed by atoms with Gasteiger partial charge in [-0.1, -0.05) is 13.0 Å². The minimum Gasteiger partial charge on any atom is -0.465 e. The van der Waals surface area contributed by atoms with Gasteiger partial charge < -0.3 is 25.7 Å². The van der Waals surface area contributed by atoms with Crippen LogP contribution in [0.15, 0.2) is 24.3 Å². The van der Waals surface area contributed by atoms with Crippen LogP contribution in [0.3, 0.4) is 0 Å². The Morgan fingerprint density at radius 2 is 1.78 bits per heavy atom. The largest absolute Gasteiger partial charge is 0.465 e. The zero-order chi connectivity index (χ0) is 20.0. The molecular formula is C19H24N4O4. The second-order valence-electron chi connectivity index (χ2n) is 5.84. The van der Waals surface area contributed by atoms with Crippen LogP contribution in [0.5, 0.6) is 0 Å². The summed E-state index contributed by atoms with van der Waals surface area (Å²) in [6.45, 7) is 5.92. The molecule has 0 radical (unpaired) electrons. The van der Waals surface area contributed by atoms with E-state index in [4.69, 9.17) is 4.74 Å². The first kappa shape index (κ1) is 20.0. The third-order valence-corrected chi connectivity index (χ3v) is 4.01. The van der Waals surface area contributed by atoms with Gasteiger partial charge in [0.15, 0.2) is 0 Å². The van der Waals surface area contributed by atoms with E-state index < -0.39 is 5.97 Å². The molecule has 0 unspecified atom stereocenters. The van der Waals surface area contributed by atoms with Crippen molar-refractivity contribution in [2.75, 3.05) is 24.3 Å². The third kappa shape index (κ3) is 4.66. The molecule has 1 aromatic heterocycles. The van der Waals surface area contributed by atoms with Crippen molar-refractivity contribution in [1.82, 2.24) is 10.3 Å². The number of aromatic nitrogens is 1. The van der Waals surface area contributed by atoms with E-state index in [1.165, 1.54) is 7.11 Å². The Balaban J connectivity index is 2.22. The normalized spacial score (nSPS) is 10.2. The molecule has 27 heavy (non-hydrogen) atoms. The van der Waals surface area contributed by atoms with Gasteiger partial charge in [0, 0.05) is 23.6 Å². The second kappa shape index (κ2) is 8.88. The number of methoxy groups -OCH3 is 1. The molecule has 1 aromatic carbocycles. The van der Waals surface area contributed by atoms with Crippen LogP contribution in [0.25, 0.3) is 0 Å². The van der Waals surface area contributed by atoms with Gasteiger partial charge in [-0.3, -0.25) is 4.79 Å². The summed E-state index contributed by atoms with van der Waals surface area (Å²) in [5, 5.41) is 8.09. The number of aromatic amines is 1. The number of hydrogen-bond acceptors (Lipinski definition) is 4. The molecule has 8 nitrogen and oxygen atoms in total. The molecule has 1 heterocycles. The van der Waals surface area contributed by atoms with Gasteiger partial charge in [-0.15, -0.1) is 0 Å². The van der Waals surface area contributed by atoms with Crippen LogP contribution in [0.4, 0.5) is 16.2 Å². The number of hydrogen-bond donors (Lipinski definition) is 4. The number of H-pyrrole nitrogens is 1. The molecule has 0 atom stereocenters. The SMILES string of the molecule is CCNC(=O)Nc1cccc(NC(=O)c2[nH]c(CC)c(C(=O)OC)c2C)c1. The van der Waals surface area contributed by atoms with Crippen LogP contribution < -0.4 is 16.0 Å². The van der Waals surface area contributed by atoms with Crippen LogP contribution in [0, 0.1) is 6.92 Å². The molecule has 0 fully saturated rings. The third-order valence-electron chi connectivity index (χ3n) is 4.01. The summed E-state index contributed by atoms with van der Waals surface area (Å²) in [5.74, 6) is -0.861. The van der Waals surface area contributed by atoms with Gasteiger partial charge in [0.1, 0.15) is 5.69 Å². The number of aryl methyl sites for hydroxylation is 1. The highest BCUT2D eigenvalue weighted by Crippen LogP contribution is 2.22. The average Bonchev–Trinajstić information content (AvgIpc) is 2.98. The van der Waals surface area contributed by atoms with Crippen molar-refractivity contribution in [3.63, 3.8) is 0 Å². The summed E-state index contributed by atoms with van der Waals surface area (Å²) in [7, 11) is 1.31. The molecule has 8 heteroatoms. The standard InChI is InChI=1S/C19H24N4O4/c1-5-14-15(18(25)27-4)11(3)16(23-14)17(24)21-12-8-7-9-13(10-12)22-19(26)20-6-2/h7-10,23H,5-6H2,1-4H3,(H,21,24)(H2,20,22,26). The number of rotatable bonds is 6. The Morgan fingerprint density at radius 1 is 1.11 bits per heavy atom. The molecule has 144 valence electrons. The van der Waals surface area contributed by atoms with Gasteiger partial charge in [-0.25, -0.2) is 9.59 Å². The number of esters is 1. The van der Waals surface area contributed by atoms with Crippen LogP contribution in [0.1, 0.15) is 46.0 Å². The Labute approximate surface area is 157 Å². The Bertz CT molecular complexity index is 857. The summed E-state index contributed by atoms with van der Waals surface area (Å²) in [6, 6.07) is 6.47. The Kier molecular flexibility index (Phi) is 6.59. The van der Waals surface area contributed by atoms with E-state index in [1.54, 1.807) is 31.2 Å². The monoisotopic (exact) mass is 372 g/mol. The smallest absolute Gasteiger partial charge is 0.339 e. The van der Waals surface area contributed by atoms with Crippen molar-refractivity contribution in [2.45, 2.75) is 27.2 Å². The van der Waals surface area contributed by atoms with Crippen LogP contribution in [-0.2, 0) is 11.2 Å². The predicted octanol–water partition coefficient (Wildman–Crippen LogP) is 3.07. The first-order chi connectivity index (χ1) is 12.9. The molecular weight excluding hydrogens is 348 g/mol. The lowest BCUT2D eigenvalue weighted by Crippen LogP contribution is -2.28. The molecule has 0 aliphatic carbocycles. The molecule has 0 spiro atoms. The maximum atomic E-state index is 12.7. The van der Waals surface area contributed by atoms with Gasteiger partial charge in [0.05, 0.1) is 12.7 Å². The van der Waals surface area contributed by atoms with Crippen molar-refractivity contribution < 1.29 is 19.1 Å². The number of carbonyl (C=O) groups excluding carboxylic acids is 3. The Morgan fingerprint density at radius 3 is 2.37 bits per heavy atom. The van der Waals surface area contributed by atoms with Crippen molar-refractivity contribution >= 4 is 29.3 Å². The highest BCUT2D eigenvalue weighted by atomic mass is 16.5. The molecule has 3 amide bonds. The zero-order valence-electron chi connectivity index (χ0n) is 15.9. The Hall–Kier alpha value is -3.29. The first-order valence-electron chi connectivity index (χ1n) is 8.67. The van der Waals surface area contributed by atoms with Gasteiger partial charge in [0.25, 0.3) is 5.91 Å². The number of urea groups is 1. The maximum Gasteiger partial charge on any atom is 0.339 e. The topological polar surface area (TPSA) is 112 Å². The quantitative estimate of drug-likeness (QED) is 0.584. The van der Waals surface area contributed by atoms with Crippen molar-refractivity contribution in [2.24, 2.45) is 0 Å². The summed E-state index contributed by atoms with van der Waals surface area (Å²) < 4.78 is 4.81. The maximum absolute atomic E-state index is 12.7. The van der Waals surface area contributed by atoms with E-state index in [9.17, 15) is 14.4 Å². The van der Waals surface area contributed by atoms with Crippen LogP contribution in [0.2, 0.25) is 0 Å². The number of benzene rings is 1. The minimum atomic E-state index is -0.479. The first-order valence-corrected chi connectivity index (χ1v) is 8.67. The molecule has 0 saturated heterocycles. The van der Waals surface area contributed by atoms with Gasteiger partial charge in [-0.2, -0.15) is 0 Å². The van der Waals surface area contributed by atoms with Gasteiger partial charge >= 0.3 is 12.0 Å². The molecule has 0 saturated carbocycles. The number of ether oxygens (including phenoxy) is 1. The highest BCUT2D eigenvalue weighted by molar-refractivity contribution is 6.07. The van der Waals surface area contributed by atoms with Crippen LogP contribution in [-0.4, -0.2) is 36.5 Å². The summed E-state index contributed by atoms with van der Waals surface area (Å²) >= 11 is 0. The molecule has 2 aromatic rings. The molecule has 0 aliphatic rings. The van der Waals surface area contributed by atoms with Crippen LogP contribution >= 0.6 is 0 Å². The number of amides is 3. The van der Waals surface area contributed by atoms with E-state index in [-0.39, 0.29) is 11.9 Å².